The topological polar surface area (TPSA) is 61.6 Å². The smallest absolute Gasteiger partial charge is 0.298 e. The van der Waals surface area contributed by atoms with Gasteiger partial charge in [-0.15, -0.1) is 0 Å². The summed E-state index contributed by atoms with van der Waals surface area (Å²) >= 11 is 0. The molecule has 2 aliphatic heterocycles. The largest absolute Gasteiger partial charge is 0.423 e. The van der Waals surface area contributed by atoms with Crippen LogP contribution in [0.1, 0.15) is 36.0 Å². The van der Waals surface area contributed by atoms with Crippen molar-refractivity contribution in [2.45, 2.75) is 25.7 Å². The number of carbonyl (C=O) groups is 1. The molecule has 0 bridgehead atoms. The summed E-state index contributed by atoms with van der Waals surface area (Å²) in [7, 11) is 0. The molecule has 1 saturated carbocycles. The van der Waals surface area contributed by atoms with Crippen LogP contribution < -0.4 is 10.2 Å². The molecule has 5 rings (SSSR count). The zero-order chi connectivity index (χ0) is 16.9. The normalized spacial score (nSPS) is 22.6. The highest BCUT2D eigenvalue weighted by atomic mass is 16.4. The number of anilines is 1. The highest BCUT2D eigenvalue weighted by molar-refractivity contribution is 5.97. The Hall–Kier alpha value is -2.08. The Morgan fingerprint density at radius 1 is 1.16 bits per heavy atom. The second kappa shape index (κ2) is 5.73. The average Bonchev–Trinajstić information content (AvgIpc) is 3.26. The lowest BCUT2D eigenvalue weighted by molar-refractivity contribution is 0.0736. The molecule has 0 atom stereocenters. The molecule has 1 aromatic heterocycles. The van der Waals surface area contributed by atoms with E-state index in [0.29, 0.717) is 22.6 Å². The van der Waals surface area contributed by atoms with Crippen molar-refractivity contribution in [2.75, 3.05) is 44.2 Å². The predicted molar refractivity (Wildman–Crippen MR) is 95.9 cm³/mol. The van der Waals surface area contributed by atoms with Crippen molar-refractivity contribution in [3.05, 3.63) is 23.8 Å². The van der Waals surface area contributed by atoms with Gasteiger partial charge in [-0.3, -0.25) is 4.79 Å². The van der Waals surface area contributed by atoms with E-state index in [1.807, 2.05) is 23.1 Å². The summed E-state index contributed by atoms with van der Waals surface area (Å²) in [5.41, 5.74) is 2.75. The Bertz CT molecular complexity index is 795. The number of nitrogens with zero attached hydrogens (tertiary/aromatic N) is 3. The van der Waals surface area contributed by atoms with Crippen molar-refractivity contribution in [2.24, 2.45) is 5.41 Å². The first-order valence-corrected chi connectivity index (χ1v) is 9.38. The number of carbonyl (C=O) groups excluding carboxylic acids is 1. The van der Waals surface area contributed by atoms with Gasteiger partial charge in [-0.2, -0.15) is 4.98 Å². The lowest BCUT2D eigenvalue weighted by atomic mass is 9.79. The zero-order valence-electron chi connectivity index (χ0n) is 14.5. The van der Waals surface area contributed by atoms with E-state index in [1.54, 1.807) is 0 Å². The Morgan fingerprint density at radius 3 is 2.68 bits per heavy atom. The summed E-state index contributed by atoms with van der Waals surface area (Å²) in [5, 5.41) is 3.27. The maximum absolute atomic E-state index is 12.6. The minimum Gasteiger partial charge on any atom is -0.423 e. The SMILES string of the molecule is O=C(c1ccc2nc(N3CC4(CCCC4)C3)oc2c1)N1CCNCC1. The molecule has 3 aliphatic rings. The van der Waals surface area contributed by atoms with Gasteiger partial charge in [-0.05, 0) is 31.0 Å². The van der Waals surface area contributed by atoms with Crippen molar-refractivity contribution < 1.29 is 9.21 Å². The van der Waals surface area contributed by atoms with Gasteiger partial charge in [0, 0.05) is 50.2 Å². The number of piperazine rings is 1. The highest BCUT2D eigenvalue weighted by Crippen LogP contribution is 2.47. The van der Waals surface area contributed by atoms with E-state index in [0.717, 1.165) is 44.8 Å². The monoisotopic (exact) mass is 340 g/mol. The number of aromatic nitrogens is 1. The van der Waals surface area contributed by atoms with E-state index in [1.165, 1.54) is 25.7 Å². The number of hydrogen-bond donors (Lipinski definition) is 1. The number of hydrogen-bond acceptors (Lipinski definition) is 5. The van der Waals surface area contributed by atoms with E-state index < -0.39 is 0 Å². The summed E-state index contributed by atoms with van der Waals surface area (Å²) in [6.07, 6.45) is 5.40. The van der Waals surface area contributed by atoms with Gasteiger partial charge >= 0.3 is 0 Å². The number of oxazole rings is 1. The number of nitrogens with one attached hydrogen (secondary N) is 1. The predicted octanol–water partition coefficient (Wildman–Crippen LogP) is 2.25. The van der Waals surface area contributed by atoms with Crippen LogP contribution >= 0.6 is 0 Å². The van der Waals surface area contributed by atoms with Gasteiger partial charge < -0.3 is 19.5 Å². The molecule has 1 N–H and O–H groups in total. The van der Waals surface area contributed by atoms with Gasteiger partial charge in [0.2, 0.25) is 0 Å². The molecule has 6 heteroatoms. The fourth-order valence-corrected chi connectivity index (χ4v) is 4.57. The lowest BCUT2D eigenvalue weighted by Crippen LogP contribution is -2.55. The molecule has 1 aromatic carbocycles. The Labute approximate surface area is 147 Å². The molecule has 3 heterocycles. The molecule has 25 heavy (non-hydrogen) atoms. The van der Waals surface area contributed by atoms with Crippen molar-refractivity contribution >= 4 is 23.0 Å². The Kier molecular flexibility index (Phi) is 3.48. The zero-order valence-corrected chi connectivity index (χ0v) is 14.5. The Morgan fingerprint density at radius 2 is 1.92 bits per heavy atom. The van der Waals surface area contributed by atoms with Crippen LogP contribution in [0.15, 0.2) is 22.6 Å². The van der Waals surface area contributed by atoms with Gasteiger partial charge in [0.05, 0.1) is 0 Å². The summed E-state index contributed by atoms with van der Waals surface area (Å²) in [6.45, 7) is 5.36. The first-order chi connectivity index (χ1) is 12.2. The van der Waals surface area contributed by atoms with E-state index in [2.05, 4.69) is 15.2 Å². The van der Waals surface area contributed by atoms with Gasteiger partial charge in [0.15, 0.2) is 5.58 Å². The average molecular weight is 340 g/mol. The number of rotatable bonds is 2. The third-order valence-electron chi connectivity index (χ3n) is 6.02. The maximum Gasteiger partial charge on any atom is 0.298 e. The van der Waals surface area contributed by atoms with Crippen LogP contribution in [0.25, 0.3) is 11.1 Å². The number of benzene rings is 1. The summed E-state index contributed by atoms with van der Waals surface area (Å²) < 4.78 is 5.98. The van der Waals surface area contributed by atoms with E-state index in [-0.39, 0.29) is 5.91 Å². The van der Waals surface area contributed by atoms with Crippen LogP contribution in [-0.2, 0) is 0 Å². The molecule has 2 saturated heterocycles. The Balaban J connectivity index is 1.35. The lowest BCUT2D eigenvalue weighted by Gasteiger charge is -2.47. The molecule has 6 nitrogen and oxygen atoms in total. The standard InChI is InChI=1S/C19H24N4O2/c24-17(22-9-7-20-8-10-22)14-3-4-15-16(11-14)25-18(21-15)23-12-19(13-23)5-1-2-6-19/h3-4,11,20H,1-2,5-10,12-13H2. The first kappa shape index (κ1) is 15.2. The van der Waals surface area contributed by atoms with Crippen molar-refractivity contribution in [3.8, 4) is 0 Å². The number of amides is 1. The second-order valence-corrected chi connectivity index (χ2v) is 7.78. The van der Waals surface area contributed by atoms with Gasteiger partial charge in [-0.25, -0.2) is 0 Å². The molecule has 132 valence electrons. The van der Waals surface area contributed by atoms with Crippen LogP contribution in [0.3, 0.4) is 0 Å². The molecule has 0 unspecified atom stereocenters. The quantitative estimate of drug-likeness (QED) is 0.909. The van der Waals surface area contributed by atoms with Crippen molar-refractivity contribution in [1.82, 2.24) is 15.2 Å². The molecule has 1 spiro atoms. The molecular weight excluding hydrogens is 316 g/mol. The molecule has 1 amide bonds. The van der Waals surface area contributed by atoms with Gasteiger partial charge in [0.1, 0.15) is 5.52 Å². The van der Waals surface area contributed by atoms with Crippen LogP contribution in [-0.4, -0.2) is 55.1 Å². The first-order valence-electron chi connectivity index (χ1n) is 9.38. The fourth-order valence-electron chi connectivity index (χ4n) is 4.57. The summed E-state index contributed by atoms with van der Waals surface area (Å²) in [5.74, 6) is 0.0789. The van der Waals surface area contributed by atoms with Crippen molar-refractivity contribution in [3.63, 3.8) is 0 Å². The minimum absolute atomic E-state index is 0.0789. The van der Waals surface area contributed by atoms with Crippen LogP contribution in [0.5, 0.6) is 0 Å². The summed E-state index contributed by atoms with van der Waals surface area (Å²) in [4.78, 5) is 21.4. The maximum atomic E-state index is 12.6. The van der Waals surface area contributed by atoms with E-state index >= 15 is 0 Å². The molecule has 0 radical (unpaired) electrons. The summed E-state index contributed by atoms with van der Waals surface area (Å²) in [6, 6.07) is 6.33. The molecule has 2 aromatic rings. The third-order valence-corrected chi connectivity index (χ3v) is 6.02. The second-order valence-electron chi connectivity index (χ2n) is 7.78. The molecule has 3 fully saturated rings. The van der Waals surface area contributed by atoms with Gasteiger partial charge in [-0.1, -0.05) is 12.8 Å². The van der Waals surface area contributed by atoms with Crippen LogP contribution in [0, 0.1) is 5.41 Å². The fraction of sp³-hybridized carbons (Fsp3) is 0.579. The van der Waals surface area contributed by atoms with Crippen LogP contribution in [0.4, 0.5) is 6.01 Å². The third kappa shape index (κ3) is 2.59. The minimum atomic E-state index is 0.0789. The highest BCUT2D eigenvalue weighted by Gasteiger charge is 2.46. The van der Waals surface area contributed by atoms with Crippen LogP contribution in [0.2, 0.25) is 0 Å². The number of fused-ring (bicyclic) bond motifs is 1. The van der Waals surface area contributed by atoms with E-state index in [9.17, 15) is 4.79 Å². The molecular formula is C19H24N4O2. The molecule has 1 aliphatic carbocycles. The van der Waals surface area contributed by atoms with E-state index in [4.69, 9.17) is 4.42 Å². The van der Waals surface area contributed by atoms with Crippen molar-refractivity contribution in [1.29, 1.82) is 0 Å². The van der Waals surface area contributed by atoms with Gasteiger partial charge in [0.25, 0.3) is 11.9 Å².